The van der Waals surface area contributed by atoms with E-state index in [9.17, 15) is 10.2 Å². The van der Waals surface area contributed by atoms with Gasteiger partial charge >= 0.3 is 0 Å². The van der Waals surface area contributed by atoms with Crippen LogP contribution < -0.4 is 0 Å². The standard InChI is InChI=1S/C24H28O2/c1-16(2)20-12-9-17(3)13-21(20)24-22(25)14-19(15-23(24)26)11-10-18-7-5-4-6-8-18/h4-8,10-11,13-16,20-21,25-26H,9,12H2,1-3H3/b11-10+/t20?,21-/m0/s1. The van der Waals surface area contributed by atoms with Crippen molar-refractivity contribution in [3.8, 4) is 11.5 Å². The predicted octanol–water partition coefficient (Wildman–Crippen LogP) is 6.36. The molecule has 0 saturated carbocycles. The first-order valence-corrected chi connectivity index (χ1v) is 9.42. The fourth-order valence-electron chi connectivity index (χ4n) is 3.97. The van der Waals surface area contributed by atoms with Gasteiger partial charge in [0.2, 0.25) is 0 Å². The Balaban J connectivity index is 1.94. The fourth-order valence-corrected chi connectivity index (χ4v) is 3.97. The summed E-state index contributed by atoms with van der Waals surface area (Å²) in [5.41, 5.74) is 3.88. The van der Waals surface area contributed by atoms with Gasteiger partial charge in [-0.25, -0.2) is 0 Å². The van der Waals surface area contributed by atoms with Crippen LogP contribution in [0, 0.1) is 11.8 Å². The van der Waals surface area contributed by atoms with E-state index in [0.717, 1.165) is 24.0 Å². The van der Waals surface area contributed by atoms with E-state index in [2.05, 4.69) is 26.8 Å². The Bertz CT molecular complexity index is 792. The van der Waals surface area contributed by atoms with Crippen molar-refractivity contribution < 1.29 is 10.2 Å². The smallest absolute Gasteiger partial charge is 0.123 e. The third-order valence-electron chi connectivity index (χ3n) is 5.41. The molecule has 136 valence electrons. The van der Waals surface area contributed by atoms with Gasteiger partial charge in [-0.1, -0.05) is 68.0 Å². The van der Waals surface area contributed by atoms with Crippen LogP contribution in [0.25, 0.3) is 12.2 Å². The van der Waals surface area contributed by atoms with Crippen LogP contribution >= 0.6 is 0 Å². The van der Waals surface area contributed by atoms with Crippen molar-refractivity contribution in [1.82, 2.24) is 0 Å². The maximum Gasteiger partial charge on any atom is 0.123 e. The van der Waals surface area contributed by atoms with Gasteiger partial charge in [-0.2, -0.15) is 0 Å². The Labute approximate surface area is 156 Å². The van der Waals surface area contributed by atoms with Crippen molar-refractivity contribution in [3.63, 3.8) is 0 Å². The summed E-state index contributed by atoms with van der Waals surface area (Å²) in [5, 5.41) is 21.4. The summed E-state index contributed by atoms with van der Waals surface area (Å²) in [6.45, 7) is 6.57. The zero-order valence-electron chi connectivity index (χ0n) is 15.8. The van der Waals surface area contributed by atoms with E-state index in [-0.39, 0.29) is 17.4 Å². The number of phenolic OH excluding ortho intramolecular Hbond substituents is 2. The zero-order chi connectivity index (χ0) is 18.7. The molecule has 0 radical (unpaired) electrons. The SMILES string of the molecule is CC1=C[C@H](c2c(O)cc(/C=C/c3ccccc3)cc2O)C(C(C)C)CC1. The lowest BCUT2D eigenvalue weighted by Gasteiger charge is -2.33. The minimum absolute atomic E-state index is 0.0657. The van der Waals surface area contributed by atoms with E-state index in [4.69, 9.17) is 0 Å². The maximum atomic E-state index is 10.7. The summed E-state index contributed by atoms with van der Waals surface area (Å²) in [5.74, 6) is 1.36. The maximum absolute atomic E-state index is 10.7. The molecule has 2 heteroatoms. The van der Waals surface area contributed by atoms with Gasteiger partial charge in [-0.05, 0) is 54.9 Å². The Hall–Kier alpha value is -2.48. The van der Waals surface area contributed by atoms with Gasteiger partial charge in [0.25, 0.3) is 0 Å². The molecular weight excluding hydrogens is 320 g/mol. The number of allylic oxidation sites excluding steroid dienone is 2. The van der Waals surface area contributed by atoms with Crippen molar-refractivity contribution in [2.24, 2.45) is 11.8 Å². The van der Waals surface area contributed by atoms with Crippen molar-refractivity contribution in [3.05, 3.63) is 70.8 Å². The molecule has 1 unspecified atom stereocenters. The molecule has 2 nitrogen and oxygen atoms in total. The van der Waals surface area contributed by atoms with E-state index in [1.54, 1.807) is 12.1 Å². The molecule has 0 aromatic heterocycles. The van der Waals surface area contributed by atoms with Crippen LogP contribution in [0.2, 0.25) is 0 Å². The molecule has 2 atom stereocenters. The molecule has 0 amide bonds. The molecule has 0 bridgehead atoms. The molecule has 0 saturated heterocycles. The monoisotopic (exact) mass is 348 g/mol. The average molecular weight is 348 g/mol. The van der Waals surface area contributed by atoms with Crippen LogP contribution in [0.1, 0.15) is 56.2 Å². The molecule has 0 fully saturated rings. The number of rotatable bonds is 4. The van der Waals surface area contributed by atoms with Gasteiger partial charge in [-0.15, -0.1) is 0 Å². The van der Waals surface area contributed by atoms with E-state index in [1.165, 1.54) is 5.57 Å². The van der Waals surface area contributed by atoms with Crippen molar-refractivity contribution >= 4 is 12.2 Å². The van der Waals surface area contributed by atoms with Gasteiger partial charge in [0.15, 0.2) is 0 Å². The van der Waals surface area contributed by atoms with Crippen molar-refractivity contribution in [2.45, 2.75) is 39.5 Å². The van der Waals surface area contributed by atoms with Gasteiger partial charge in [-0.3, -0.25) is 0 Å². The third-order valence-corrected chi connectivity index (χ3v) is 5.41. The summed E-state index contributed by atoms with van der Waals surface area (Å²) in [6, 6.07) is 13.5. The fraction of sp³-hybridized carbons (Fsp3) is 0.333. The Morgan fingerprint density at radius 3 is 2.19 bits per heavy atom. The highest BCUT2D eigenvalue weighted by atomic mass is 16.3. The molecule has 2 aromatic carbocycles. The van der Waals surface area contributed by atoms with Gasteiger partial charge < -0.3 is 10.2 Å². The third kappa shape index (κ3) is 4.01. The van der Waals surface area contributed by atoms with Crippen LogP contribution in [0.4, 0.5) is 0 Å². The minimum atomic E-state index is 0.0657. The second kappa shape index (κ2) is 7.82. The molecule has 0 heterocycles. The summed E-state index contributed by atoms with van der Waals surface area (Å²) in [7, 11) is 0. The number of benzene rings is 2. The summed E-state index contributed by atoms with van der Waals surface area (Å²) in [6.07, 6.45) is 8.32. The minimum Gasteiger partial charge on any atom is -0.507 e. The molecule has 26 heavy (non-hydrogen) atoms. The normalized spacial score (nSPS) is 20.5. The Morgan fingerprint density at radius 2 is 1.58 bits per heavy atom. The number of hydrogen-bond acceptors (Lipinski definition) is 2. The molecule has 0 aliphatic heterocycles. The lowest BCUT2D eigenvalue weighted by Crippen LogP contribution is -2.21. The topological polar surface area (TPSA) is 40.5 Å². The summed E-state index contributed by atoms with van der Waals surface area (Å²) < 4.78 is 0. The van der Waals surface area contributed by atoms with Crippen LogP contribution in [0.3, 0.4) is 0 Å². The largest absolute Gasteiger partial charge is 0.507 e. The second-order valence-corrected chi connectivity index (χ2v) is 7.70. The number of hydrogen-bond donors (Lipinski definition) is 2. The van der Waals surface area contributed by atoms with Crippen LogP contribution in [-0.2, 0) is 0 Å². The Kier molecular flexibility index (Phi) is 5.51. The summed E-state index contributed by atoms with van der Waals surface area (Å²) in [4.78, 5) is 0. The first-order chi connectivity index (χ1) is 12.5. The first-order valence-electron chi connectivity index (χ1n) is 9.42. The molecule has 1 aliphatic carbocycles. The molecular formula is C24H28O2. The van der Waals surface area contributed by atoms with Crippen molar-refractivity contribution in [1.29, 1.82) is 0 Å². The van der Waals surface area contributed by atoms with Crippen LogP contribution in [0.15, 0.2) is 54.1 Å². The van der Waals surface area contributed by atoms with E-state index in [0.29, 0.717) is 17.4 Å². The lowest BCUT2D eigenvalue weighted by molar-refractivity contribution is 0.304. The van der Waals surface area contributed by atoms with E-state index in [1.807, 2.05) is 42.5 Å². The number of aromatic hydroxyl groups is 2. The molecule has 2 aromatic rings. The van der Waals surface area contributed by atoms with Crippen LogP contribution in [0.5, 0.6) is 11.5 Å². The van der Waals surface area contributed by atoms with Gasteiger partial charge in [0.05, 0.1) is 0 Å². The second-order valence-electron chi connectivity index (χ2n) is 7.70. The first kappa shape index (κ1) is 18.3. The average Bonchev–Trinajstić information content (AvgIpc) is 2.60. The summed E-state index contributed by atoms with van der Waals surface area (Å²) >= 11 is 0. The van der Waals surface area contributed by atoms with E-state index < -0.39 is 0 Å². The molecule has 3 rings (SSSR count). The van der Waals surface area contributed by atoms with Gasteiger partial charge in [0, 0.05) is 11.5 Å². The highest BCUT2D eigenvalue weighted by molar-refractivity contribution is 5.72. The highest BCUT2D eigenvalue weighted by Gasteiger charge is 2.31. The quantitative estimate of drug-likeness (QED) is 0.498. The van der Waals surface area contributed by atoms with E-state index >= 15 is 0 Å². The van der Waals surface area contributed by atoms with Crippen LogP contribution in [-0.4, -0.2) is 10.2 Å². The Morgan fingerprint density at radius 1 is 0.962 bits per heavy atom. The van der Waals surface area contributed by atoms with Crippen molar-refractivity contribution in [2.75, 3.05) is 0 Å². The zero-order valence-corrected chi connectivity index (χ0v) is 15.8. The molecule has 2 N–H and O–H groups in total. The predicted molar refractivity (Wildman–Crippen MR) is 109 cm³/mol. The number of phenols is 2. The van der Waals surface area contributed by atoms with Gasteiger partial charge in [0.1, 0.15) is 11.5 Å². The molecule has 0 spiro atoms. The molecule has 1 aliphatic rings. The lowest BCUT2D eigenvalue weighted by atomic mass is 9.71. The highest BCUT2D eigenvalue weighted by Crippen LogP contribution is 2.46.